The third-order valence-corrected chi connectivity index (χ3v) is 2.06. The minimum absolute atomic E-state index is 0.0926. The lowest BCUT2D eigenvalue weighted by Gasteiger charge is -2.22. The molecule has 2 heteroatoms. The molecule has 1 atom stereocenters. The van der Waals surface area contributed by atoms with Crippen LogP contribution in [0.3, 0.4) is 0 Å². The standard InChI is InChI=1S/C11H15NO/c1-4-6-10(9-12)11(2,3)7-5-8-13/h8,10H,4,6H2,1-3H3. The van der Waals surface area contributed by atoms with Crippen molar-refractivity contribution in [1.29, 1.82) is 5.26 Å². The van der Waals surface area contributed by atoms with E-state index in [1.54, 1.807) is 0 Å². The van der Waals surface area contributed by atoms with Crippen LogP contribution < -0.4 is 0 Å². The van der Waals surface area contributed by atoms with Gasteiger partial charge in [-0.25, -0.2) is 0 Å². The molecule has 0 aromatic rings. The molecular weight excluding hydrogens is 162 g/mol. The minimum Gasteiger partial charge on any atom is -0.289 e. The first kappa shape index (κ1) is 11.7. The molecule has 2 nitrogen and oxygen atoms in total. The van der Waals surface area contributed by atoms with Gasteiger partial charge in [0.25, 0.3) is 0 Å². The van der Waals surface area contributed by atoms with Crippen molar-refractivity contribution in [2.24, 2.45) is 11.3 Å². The monoisotopic (exact) mass is 177 g/mol. The molecule has 0 aromatic heterocycles. The van der Waals surface area contributed by atoms with Crippen LogP contribution in [0.25, 0.3) is 0 Å². The van der Waals surface area contributed by atoms with Crippen LogP contribution in [0.1, 0.15) is 33.6 Å². The number of carbonyl (C=O) groups is 1. The van der Waals surface area contributed by atoms with Crippen molar-refractivity contribution in [3.63, 3.8) is 0 Å². The van der Waals surface area contributed by atoms with Gasteiger partial charge in [-0.1, -0.05) is 19.3 Å². The highest BCUT2D eigenvalue weighted by Gasteiger charge is 2.26. The van der Waals surface area contributed by atoms with Gasteiger partial charge in [0.1, 0.15) is 0 Å². The van der Waals surface area contributed by atoms with Gasteiger partial charge in [0, 0.05) is 5.41 Å². The van der Waals surface area contributed by atoms with Crippen LogP contribution >= 0.6 is 0 Å². The second-order valence-corrected chi connectivity index (χ2v) is 3.58. The molecule has 70 valence electrons. The summed E-state index contributed by atoms with van der Waals surface area (Å²) in [4.78, 5) is 10.1. The first-order valence-corrected chi connectivity index (χ1v) is 4.44. The average Bonchev–Trinajstić information content (AvgIpc) is 2.10. The third kappa shape index (κ3) is 3.76. The quantitative estimate of drug-likeness (QED) is 0.489. The Morgan fingerprint density at radius 1 is 1.54 bits per heavy atom. The van der Waals surface area contributed by atoms with E-state index >= 15 is 0 Å². The van der Waals surface area contributed by atoms with E-state index in [-0.39, 0.29) is 11.3 Å². The van der Waals surface area contributed by atoms with Gasteiger partial charge in [-0.2, -0.15) is 5.26 Å². The minimum atomic E-state index is -0.383. The van der Waals surface area contributed by atoms with E-state index in [0.717, 1.165) is 12.8 Å². The lowest BCUT2D eigenvalue weighted by Crippen LogP contribution is -2.20. The second-order valence-electron chi connectivity index (χ2n) is 3.58. The molecule has 1 unspecified atom stereocenters. The van der Waals surface area contributed by atoms with Crippen LogP contribution in [0.2, 0.25) is 0 Å². The van der Waals surface area contributed by atoms with E-state index in [2.05, 4.69) is 17.9 Å². The predicted molar refractivity (Wildman–Crippen MR) is 51.6 cm³/mol. The number of aldehydes is 1. The average molecular weight is 177 g/mol. The maximum atomic E-state index is 10.1. The van der Waals surface area contributed by atoms with Crippen LogP contribution in [0.15, 0.2) is 0 Å². The van der Waals surface area contributed by atoms with Crippen LogP contribution in [0, 0.1) is 34.5 Å². The lowest BCUT2D eigenvalue weighted by molar-refractivity contribution is -0.103. The van der Waals surface area contributed by atoms with Crippen molar-refractivity contribution in [3.8, 4) is 17.9 Å². The number of carbonyl (C=O) groups excluding carboxylic acids is 1. The number of rotatable bonds is 3. The zero-order chi connectivity index (χ0) is 10.3. The molecule has 0 N–H and O–H groups in total. The molecule has 0 heterocycles. The SMILES string of the molecule is CCCC(C#N)C(C)(C)C#CC=O. The molecule has 0 spiro atoms. The summed E-state index contributed by atoms with van der Waals surface area (Å²) in [7, 11) is 0. The Labute approximate surface area is 79.9 Å². The number of hydrogen-bond acceptors (Lipinski definition) is 2. The lowest BCUT2D eigenvalue weighted by atomic mass is 9.78. The Kier molecular flexibility index (Phi) is 4.85. The van der Waals surface area contributed by atoms with Crippen molar-refractivity contribution >= 4 is 6.29 Å². The molecular formula is C11H15NO. The molecule has 0 saturated heterocycles. The Bertz CT molecular complexity index is 262. The van der Waals surface area contributed by atoms with Gasteiger partial charge in [0.2, 0.25) is 0 Å². The zero-order valence-corrected chi connectivity index (χ0v) is 8.42. The fourth-order valence-corrected chi connectivity index (χ4v) is 1.18. The van der Waals surface area contributed by atoms with Gasteiger partial charge in [-0.05, 0) is 26.2 Å². The smallest absolute Gasteiger partial charge is 0.192 e. The van der Waals surface area contributed by atoms with Gasteiger partial charge in [0.15, 0.2) is 6.29 Å². The molecule has 0 amide bonds. The van der Waals surface area contributed by atoms with Crippen molar-refractivity contribution in [1.82, 2.24) is 0 Å². The molecule has 0 aromatic carbocycles. The van der Waals surface area contributed by atoms with Gasteiger partial charge >= 0.3 is 0 Å². The van der Waals surface area contributed by atoms with Crippen LogP contribution in [0.5, 0.6) is 0 Å². The van der Waals surface area contributed by atoms with E-state index in [0.29, 0.717) is 6.29 Å². The van der Waals surface area contributed by atoms with E-state index in [1.807, 2.05) is 20.8 Å². The first-order valence-electron chi connectivity index (χ1n) is 4.44. The summed E-state index contributed by atoms with van der Waals surface area (Å²) >= 11 is 0. The molecule has 13 heavy (non-hydrogen) atoms. The normalized spacial score (nSPS) is 12.2. The van der Waals surface area contributed by atoms with Crippen molar-refractivity contribution < 1.29 is 4.79 Å². The molecule has 0 saturated carbocycles. The highest BCUT2D eigenvalue weighted by Crippen LogP contribution is 2.28. The summed E-state index contributed by atoms with van der Waals surface area (Å²) in [6.07, 6.45) is 2.36. The summed E-state index contributed by atoms with van der Waals surface area (Å²) in [5, 5.41) is 8.89. The van der Waals surface area contributed by atoms with E-state index in [9.17, 15) is 4.79 Å². The zero-order valence-electron chi connectivity index (χ0n) is 8.42. The van der Waals surface area contributed by atoms with E-state index in [1.165, 1.54) is 0 Å². The summed E-state index contributed by atoms with van der Waals surface area (Å²) in [5.41, 5.74) is -0.383. The molecule has 0 bridgehead atoms. The van der Waals surface area contributed by atoms with Crippen molar-refractivity contribution in [2.45, 2.75) is 33.6 Å². The largest absolute Gasteiger partial charge is 0.289 e. The fraction of sp³-hybridized carbons (Fsp3) is 0.636. The molecule has 0 aliphatic carbocycles. The van der Waals surface area contributed by atoms with Crippen LogP contribution in [0.4, 0.5) is 0 Å². The van der Waals surface area contributed by atoms with Crippen molar-refractivity contribution in [2.75, 3.05) is 0 Å². The molecule has 0 radical (unpaired) electrons. The van der Waals surface area contributed by atoms with Crippen molar-refractivity contribution in [3.05, 3.63) is 0 Å². The van der Waals surface area contributed by atoms with Gasteiger partial charge in [0.05, 0.1) is 12.0 Å². The fourth-order valence-electron chi connectivity index (χ4n) is 1.18. The predicted octanol–water partition coefficient (Wildman–Crippen LogP) is 2.15. The van der Waals surface area contributed by atoms with Crippen LogP contribution in [-0.4, -0.2) is 6.29 Å². The molecule has 0 aliphatic heterocycles. The Morgan fingerprint density at radius 3 is 2.54 bits per heavy atom. The molecule has 0 aliphatic rings. The Hall–Kier alpha value is -1.28. The number of hydrogen-bond donors (Lipinski definition) is 0. The third-order valence-electron chi connectivity index (χ3n) is 2.06. The Morgan fingerprint density at radius 2 is 2.15 bits per heavy atom. The first-order chi connectivity index (χ1) is 6.08. The maximum Gasteiger partial charge on any atom is 0.192 e. The summed E-state index contributed by atoms with van der Waals surface area (Å²) in [6, 6.07) is 2.23. The second kappa shape index (κ2) is 5.38. The van der Waals surface area contributed by atoms with Crippen LogP contribution in [-0.2, 0) is 4.79 Å². The van der Waals surface area contributed by atoms with E-state index in [4.69, 9.17) is 5.26 Å². The molecule has 0 fully saturated rings. The highest BCUT2D eigenvalue weighted by atomic mass is 16.1. The number of nitriles is 1. The summed E-state index contributed by atoms with van der Waals surface area (Å²) < 4.78 is 0. The maximum absolute atomic E-state index is 10.1. The summed E-state index contributed by atoms with van der Waals surface area (Å²) in [6.45, 7) is 5.83. The molecule has 0 rings (SSSR count). The summed E-state index contributed by atoms with van der Waals surface area (Å²) in [5.74, 6) is 5.09. The van der Waals surface area contributed by atoms with Gasteiger partial charge in [-0.3, -0.25) is 4.79 Å². The highest BCUT2D eigenvalue weighted by molar-refractivity contribution is 5.72. The van der Waals surface area contributed by atoms with Gasteiger partial charge in [-0.15, -0.1) is 0 Å². The number of nitrogens with zero attached hydrogens (tertiary/aromatic N) is 1. The van der Waals surface area contributed by atoms with E-state index < -0.39 is 0 Å². The topological polar surface area (TPSA) is 40.9 Å². The van der Waals surface area contributed by atoms with Gasteiger partial charge < -0.3 is 0 Å². The Balaban J connectivity index is 4.57.